The Bertz CT molecular complexity index is 357. The van der Waals surface area contributed by atoms with Crippen molar-refractivity contribution in [1.29, 1.82) is 0 Å². The number of rotatable bonds is 1. The highest BCUT2D eigenvalue weighted by Gasteiger charge is 2.14. The van der Waals surface area contributed by atoms with Gasteiger partial charge in [-0.25, -0.2) is 0 Å². The summed E-state index contributed by atoms with van der Waals surface area (Å²) in [7, 11) is 0. The van der Waals surface area contributed by atoms with Crippen LogP contribution >= 0.6 is 11.6 Å². The number of hydrogen-bond acceptors (Lipinski definition) is 1. The van der Waals surface area contributed by atoms with Gasteiger partial charge in [0.2, 0.25) is 0 Å². The molecule has 0 spiro atoms. The Balaban J connectivity index is 2.21. The molecule has 1 nitrogen and oxygen atoms in total. The number of halogens is 1. The van der Waals surface area contributed by atoms with Crippen molar-refractivity contribution in [3.63, 3.8) is 0 Å². The lowest BCUT2D eigenvalue weighted by atomic mass is 10.1. The van der Waals surface area contributed by atoms with E-state index < -0.39 is 0 Å². The lowest BCUT2D eigenvalue weighted by molar-refractivity contribution is 0.711. The zero-order valence-corrected chi connectivity index (χ0v) is 8.80. The van der Waals surface area contributed by atoms with Gasteiger partial charge in [-0.1, -0.05) is 41.4 Å². The summed E-state index contributed by atoms with van der Waals surface area (Å²) in [4.78, 5) is 0. The van der Waals surface area contributed by atoms with Gasteiger partial charge in [-0.3, -0.25) is 0 Å². The fraction of sp³-hybridized carbons (Fsp3) is 0.333. The highest BCUT2D eigenvalue weighted by Crippen LogP contribution is 2.27. The van der Waals surface area contributed by atoms with E-state index in [1.54, 1.807) is 0 Å². The maximum atomic E-state index is 6.06. The van der Waals surface area contributed by atoms with Crippen molar-refractivity contribution < 1.29 is 0 Å². The number of nitrogens with two attached hydrogens (primary N) is 1. The van der Waals surface area contributed by atoms with Crippen LogP contribution in [0.5, 0.6) is 0 Å². The molecule has 0 bridgehead atoms. The Morgan fingerprint density at radius 2 is 2.14 bits per heavy atom. The van der Waals surface area contributed by atoms with E-state index in [4.69, 9.17) is 17.3 Å². The Morgan fingerprint density at radius 1 is 1.36 bits per heavy atom. The van der Waals surface area contributed by atoms with Crippen LogP contribution in [0.3, 0.4) is 0 Å². The highest BCUT2D eigenvalue weighted by molar-refractivity contribution is 6.32. The van der Waals surface area contributed by atoms with Crippen LogP contribution in [-0.2, 0) is 0 Å². The molecule has 1 aromatic rings. The van der Waals surface area contributed by atoms with Crippen LogP contribution < -0.4 is 5.73 Å². The standard InChI is InChI=1S/C12H14ClN/c13-12-4-2-1-3-10(12)7-9-5-6-11(14)8-9/h1-4,7,11H,5-6,8,14H2. The molecule has 2 rings (SSSR count). The highest BCUT2D eigenvalue weighted by atomic mass is 35.5. The molecule has 1 fully saturated rings. The second-order valence-corrected chi connectivity index (χ2v) is 4.23. The third-order valence-corrected chi connectivity index (χ3v) is 2.97. The van der Waals surface area contributed by atoms with Gasteiger partial charge in [-0.2, -0.15) is 0 Å². The van der Waals surface area contributed by atoms with Crippen LogP contribution in [0.15, 0.2) is 29.8 Å². The lowest BCUT2D eigenvalue weighted by Gasteiger charge is -2.00. The van der Waals surface area contributed by atoms with Gasteiger partial charge in [0, 0.05) is 11.1 Å². The molecule has 1 aliphatic rings. The van der Waals surface area contributed by atoms with Crippen molar-refractivity contribution in [3.8, 4) is 0 Å². The molecule has 1 aromatic carbocycles. The van der Waals surface area contributed by atoms with E-state index in [1.807, 2.05) is 24.3 Å². The summed E-state index contributed by atoms with van der Waals surface area (Å²) < 4.78 is 0. The van der Waals surface area contributed by atoms with Gasteiger partial charge in [0.1, 0.15) is 0 Å². The molecular formula is C12H14ClN. The van der Waals surface area contributed by atoms with Crippen molar-refractivity contribution >= 4 is 17.7 Å². The summed E-state index contributed by atoms with van der Waals surface area (Å²) >= 11 is 6.06. The van der Waals surface area contributed by atoms with Crippen LogP contribution in [-0.4, -0.2) is 6.04 Å². The minimum absolute atomic E-state index is 0.351. The van der Waals surface area contributed by atoms with Crippen molar-refractivity contribution in [2.24, 2.45) is 5.73 Å². The lowest BCUT2D eigenvalue weighted by Crippen LogP contribution is -2.13. The molecule has 0 aromatic heterocycles. The summed E-state index contributed by atoms with van der Waals surface area (Å²) in [6, 6.07) is 8.27. The normalized spacial score (nSPS) is 24.4. The van der Waals surface area contributed by atoms with Gasteiger partial charge in [-0.05, 0) is 30.9 Å². The molecule has 0 saturated heterocycles. The van der Waals surface area contributed by atoms with Crippen LogP contribution in [0, 0.1) is 0 Å². The quantitative estimate of drug-likeness (QED) is 0.752. The SMILES string of the molecule is NC1CCC(=Cc2ccccc2Cl)C1. The largest absolute Gasteiger partial charge is 0.327 e. The molecule has 2 heteroatoms. The predicted octanol–water partition coefficient (Wildman–Crippen LogP) is 3.23. The first-order chi connectivity index (χ1) is 6.75. The fourth-order valence-corrected chi connectivity index (χ4v) is 2.05. The Labute approximate surface area is 89.6 Å². The summed E-state index contributed by atoms with van der Waals surface area (Å²) in [5, 5.41) is 0.820. The number of hydrogen-bond donors (Lipinski definition) is 1. The van der Waals surface area contributed by atoms with E-state index in [0.717, 1.165) is 29.8 Å². The summed E-state index contributed by atoms with van der Waals surface area (Å²) in [5.41, 5.74) is 8.37. The minimum Gasteiger partial charge on any atom is -0.327 e. The van der Waals surface area contributed by atoms with Gasteiger partial charge in [0.15, 0.2) is 0 Å². The first-order valence-electron chi connectivity index (χ1n) is 4.95. The molecule has 0 aliphatic heterocycles. The van der Waals surface area contributed by atoms with Gasteiger partial charge >= 0.3 is 0 Å². The maximum absolute atomic E-state index is 6.06. The molecule has 0 heterocycles. The van der Waals surface area contributed by atoms with Gasteiger partial charge in [0.25, 0.3) is 0 Å². The Hall–Kier alpha value is -0.790. The molecule has 14 heavy (non-hydrogen) atoms. The molecule has 1 saturated carbocycles. The summed E-state index contributed by atoms with van der Waals surface area (Å²) in [6.45, 7) is 0. The van der Waals surface area contributed by atoms with Crippen molar-refractivity contribution in [1.82, 2.24) is 0 Å². The first kappa shape index (κ1) is 9.75. The van der Waals surface area contributed by atoms with E-state index in [0.29, 0.717) is 6.04 Å². The molecule has 74 valence electrons. The van der Waals surface area contributed by atoms with Gasteiger partial charge < -0.3 is 5.73 Å². The smallest absolute Gasteiger partial charge is 0.0478 e. The Kier molecular flexibility index (Phi) is 2.90. The summed E-state index contributed by atoms with van der Waals surface area (Å²) in [6.07, 6.45) is 5.42. The van der Waals surface area contributed by atoms with Crippen molar-refractivity contribution in [2.75, 3.05) is 0 Å². The van der Waals surface area contributed by atoms with Gasteiger partial charge in [0.05, 0.1) is 0 Å². The van der Waals surface area contributed by atoms with E-state index in [1.165, 1.54) is 5.57 Å². The third-order valence-electron chi connectivity index (χ3n) is 2.63. The van der Waals surface area contributed by atoms with Crippen LogP contribution in [0.2, 0.25) is 5.02 Å². The molecular weight excluding hydrogens is 194 g/mol. The van der Waals surface area contributed by atoms with Crippen LogP contribution in [0.1, 0.15) is 24.8 Å². The first-order valence-corrected chi connectivity index (χ1v) is 5.33. The van der Waals surface area contributed by atoms with Crippen LogP contribution in [0.4, 0.5) is 0 Å². The monoisotopic (exact) mass is 207 g/mol. The topological polar surface area (TPSA) is 26.0 Å². The van der Waals surface area contributed by atoms with E-state index in [9.17, 15) is 0 Å². The second-order valence-electron chi connectivity index (χ2n) is 3.83. The van der Waals surface area contributed by atoms with E-state index in [-0.39, 0.29) is 0 Å². The Morgan fingerprint density at radius 3 is 2.79 bits per heavy atom. The van der Waals surface area contributed by atoms with Crippen molar-refractivity contribution in [2.45, 2.75) is 25.3 Å². The fourth-order valence-electron chi connectivity index (χ4n) is 1.85. The zero-order valence-electron chi connectivity index (χ0n) is 8.04. The molecule has 2 N–H and O–H groups in total. The maximum Gasteiger partial charge on any atom is 0.0478 e. The number of benzene rings is 1. The molecule has 1 unspecified atom stereocenters. The zero-order chi connectivity index (χ0) is 9.97. The predicted molar refractivity (Wildman–Crippen MR) is 61.3 cm³/mol. The van der Waals surface area contributed by atoms with Crippen LogP contribution in [0.25, 0.3) is 6.08 Å². The minimum atomic E-state index is 0.351. The van der Waals surface area contributed by atoms with Gasteiger partial charge in [-0.15, -0.1) is 0 Å². The van der Waals surface area contributed by atoms with E-state index >= 15 is 0 Å². The van der Waals surface area contributed by atoms with E-state index in [2.05, 4.69) is 6.08 Å². The molecule has 0 radical (unpaired) electrons. The molecule has 0 amide bonds. The summed E-state index contributed by atoms with van der Waals surface area (Å²) in [5.74, 6) is 0. The molecule has 1 aliphatic carbocycles. The molecule has 1 atom stereocenters. The van der Waals surface area contributed by atoms with Crippen molar-refractivity contribution in [3.05, 3.63) is 40.4 Å². The third kappa shape index (κ3) is 2.17. The average molecular weight is 208 g/mol. The second kappa shape index (κ2) is 4.16. The average Bonchev–Trinajstić information content (AvgIpc) is 2.56.